The first-order chi connectivity index (χ1) is 8.75. The van der Waals surface area contributed by atoms with E-state index < -0.39 is 0 Å². The summed E-state index contributed by atoms with van der Waals surface area (Å²) in [5.74, 6) is 0.240. The van der Waals surface area contributed by atoms with Gasteiger partial charge in [0.25, 0.3) is 0 Å². The van der Waals surface area contributed by atoms with E-state index >= 15 is 0 Å². The summed E-state index contributed by atoms with van der Waals surface area (Å²) in [6.07, 6.45) is 6.58. The van der Waals surface area contributed by atoms with E-state index in [1.165, 1.54) is 0 Å². The van der Waals surface area contributed by atoms with Gasteiger partial charge in [-0.3, -0.25) is 4.79 Å². The molecule has 0 aliphatic carbocycles. The van der Waals surface area contributed by atoms with E-state index in [1.54, 1.807) is 6.20 Å². The molecule has 0 spiro atoms. The predicted octanol–water partition coefficient (Wildman–Crippen LogP) is 1.74. The van der Waals surface area contributed by atoms with E-state index in [0.29, 0.717) is 6.42 Å². The number of carbonyl (C=O) groups is 1. The second-order valence-corrected chi connectivity index (χ2v) is 4.90. The van der Waals surface area contributed by atoms with Crippen LogP contribution in [0.1, 0.15) is 18.4 Å². The van der Waals surface area contributed by atoms with E-state index in [9.17, 15) is 4.79 Å². The normalized spacial score (nSPS) is 15.5. The van der Waals surface area contributed by atoms with Crippen molar-refractivity contribution < 1.29 is 4.79 Å². The number of nitrogens with zero attached hydrogens (tertiary/aromatic N) is 3. The lowest BCUT2D eigenvalue weighted by atomic mass is 10.1. The number of pyridine rings is 1. The van der Waals surface area contributed by atoms with E-state index in [4.69, 9.17) is 0 Å². The highest BCUT2D eigenvalue weighted by atomic mass is 16.2. The average molecular weight is 243 g/mol. The number of amides is 1. The molecule has 1 amide bonds. The number of likely N-dealkylation sites (tertiary alicyclic amines) is 1. The highest BCUT2D eigenvalue weighted by molar-refractivity contribution is 5.87. The SMILES string of the molecule is Cn1cc(CC(=O)N2CCCC2)c2cccnc21. The number of fused-ring (bicyclic) bond motifs is 1. The Morgan fingerprint density at radius 3 is 2.94 bits per heavy atom. The summed E-state index contributed by atoms with van der Waals surface area (Å²) in [5, 5.41) is 1.09. The zero-order chi connectivity index (χ0) is 12.5. The van der Waals surface area contributed by atoms with Crippen molar-refractivity contribution in [2.75, 3.05) is 13.1 Å². The van der Waals surface area contributed by atoms with Gasteiger partial charge in [-0.15, -0.1) is 0 Å². The smallest absolute Gasteiger partial charge is 0.227 e. The molecule has 0 saturated carbocycles. The zero-order valence-electron chi connectivity index (χ0n) is 10.6. The van der Waals surface area contributed by atoms with Crippen LogP contribution in [0, 0.1) is 0 Å². The largest absolute Gasteiger partial charge is 0.342 e. The fraction of sp³-hybridized carbons (Fsp3) is 0.429. The number of hydrogen-bond acceptors (Lipinski definition) is 2. The van der Waals surface area contributed by atoms with Gasteiger partial charge in [0.1, 0.15) is 5.65 Å². The van der Waals surface area contributed by atoms with Crippen molar-refractivity contribution in [2.45, 2.75) is 19.3 Å². The van der Waals surface area contributed by atoms with Crippen LogP contribution in [0.2, 0.25) is 0 Å². The summed E-state index contributed by atoms with van der Waals surface area (Å²) in [6.45, 7) is 1.84. The molecule has 2 aromatic heterocycles. The van der Waals surface area contributed by atoms with Crippen LogP contribution in [0.3, 0.4) is 0 Å². The first-order valence-corrected chi connectivity index (χ1v) is 6.42. The molecule has 4 heteroatoms. The van der Waals surface area contributed by atoms with Gasteiger partial charge >= 0.3 is 0 Å². The fourth-order valence-electron chi connectivity index (χ4n) is 2.68. The molecule has 1 saturated heterocycles. The van der Waals surface area contributed by atoms with Gasteiger partial charge in [0.15, 0.2) is 0 Å². The van der Waals surface area contributed by atoms with Crippen molar-refractivity contribution in [1.82, 2.24) is 14.5 Å². The molecule has 3 rings (SSSR count). The van der Waals surface area contributed by atoms with Gasteiger partial charge in [0, 0.05) is 37.9 Å². The maximum Gasteiger partial charge on any atom is 0.227 e. The van der Waals surface area contributed by atoms with Crippen molar-refractivity contribution in [3.05, 3.63) is 30.1 Å². The van der Waals surface area contributed by atoms with Gasteiger partial charge in [0.05, 0.1) is 6.42 Å². The molecule has 1 fully saturated rings. The second-order valence-electron chi connectivity index (χ2n) is 4.90. The van der Waals surface area contributed by atoms with Gasteiger partial charge in [-0.05, 0) is 30.5 Å². The molecular weight excluding hydrogens is 226 g/mol. The van der Waals surface area contributed by atoms with Crippen LogP contribution in [-0.4, -0.2) is 33.4 Å². The van der Waals surface area contributed by atoms with Crippen LogP contribution in [0.5, 0.6) is 0 Å². The summed E-state index contributed by atoms with van der Waals surface area (Å²) in [6, 6.07) is 3.96. The Hall–Kier alpha value is -1.84. The Morgan fingerprint density at radius 1 is 1.39 bits per heavy atom. The Labute approximate surface area is 106 Å². The van der Waals surface area contributed by atoms with Crippen LogP contribution in [0.15, 0.2) is 24.5 Å². The molecule has 0 bridgehead atoms. The van der Waals surface area contributed by atoms with Gasteiger partial charge < -0.3 is 9.47 Å². The number of aromatic nitrogens is 2. The standard InChI is InChI=1S/C14H17N3O/c1-16-10-11(12-5-4-6-15-14(12)16)9-13(18)17-7-2-3-8-17/h4-6,10H,2-3,7-9H2,1H3. The monoisotopic (exact) mass is 243 g/mol. The molecular formula is C14H17N3O. The molecule has 1 aliphatic rings. The van der Waals surface area contributed by atoms with E-state index in [1.807, 2.05) is 34.8 Å². The number of hydrogen-bond donors (Lipinski definition) is 0. The first-order valence-electron chi connectivity index (χ1n) is 6.42. The minimum atomic E-state index is 0.240. The highest BCUT2D eigenvalue weighted by Gasteiger charge is 2.19. The molecule has 3 heterocycles. The summed E-state index contributed by atoms with van der Waals surface area (Å²) in [4.78, 5) is 18.5. The Bertz CT molecular complexity index is 582. The Morgan fingerprint density at radius 2 is 2.17 bits per heavy atom. The minimum Gasteiger partial charge on any atom is -0.342 e. The van der Waals surface area contributed by atoms with E-state index in [-0.39, 0.29) is 5.91 Å². The third-order valence-electron chi connectivity index (χ3n) is 3.62. The summed E-state index contributed by atoms with van der Waals surface area (Å²) in [7, 11) is 1.97. The molecule has 18 heavy (non-hydrogen) atoms. The van der Waals surface area contributed by atoms with E-state index in [0.717, 1.165) is 42.5 Å². The minimum absolute atomic E-state index is 0.240. The topological polar surface area (TPSA) is 38.1 Å². The quantitative estimate of drug-likeness (QED) is 0.805. The molecule has 0 aromatic carbocycles. The van der Waals surface area contributed by atoms with Gasteiger partial charge in [-0.1, -0.05) is 0 Å². The lowest BCUT2D eigenvalue weighted by molar-refractivity contribution is -0.129. The maximum atomic E-state index is 12.2. The molecule has 0 N–H and O–H groups in total. The second kappa shape index (κ2) is 4.44. The Kier molecular flexibility index (Phi) is 2.78. The highest BCUT2D eigenvalue weighted by Crippen LogP contribution is 2.20. The van der Waals surface area contributed by atoms with Gasteiger partial charge in [-0.2, -0.15) is 0 Å². The maximum absolute atomic E-state index is 12.2. The lowest BCUT2D eigenvalue weighted by Gasteiger charge is -2.14. The van der Waals surface area contributed by atoms with Crippen LogP contribution in [0.25, 0.3) is 11.0 Å². The molecule has 0 atom stereocenters. The number of aryl methyl sites for hydroxylation is 1. The summed E-state index contributed by atoms with van der Waals surface area (Å²) >= 11 is 0. The van der Waals surface area contributed by atoms with Gasteiger partial charge in [-0.25, -0.2) is 4.98 Å². The fourth-order valence-corrected chi connectivity index (χ4v) is 2.68. The first kappa shape index (κ1) is 11.3. The molecule has 94 valence electrons. The van der Waals surface area contributed by atoms with E-state index in [2.05, 4.69) is 4.98 Å². The van der Waals surface area contributed by atoms with Gasteiger partial charge in [0.2, 0.25) is 5.91 Å². The summed E-state index contributed by atoms with van der Waals surface area (Å²) in [5.41, 5.74) is 2.03. The van der Waals surface area contributed by atoms with Crippen LogP contribution in [0.4, 0.5) is 0 Å². The average Bonchev–Trinajstić information content (AvgIpc) is 3.00. The van der Waals surface area contributed by atoms with Crippen molar-refractivity contribution in [3.63, 3.8) is 0 Å². The molecule has 1 aliphatic heterocycles. The van der Waals surface area contributed by atoms with Crippen LogP contribution in [-0.2, 0) is 18.3 Å². The van der Waals surface area contributed by atoms with Crippen molar-refractivity contribution in [1.29, 1.82) is 0 Å². The van der Waals surface area contributed by atoms with Crippen LogP contribution < -0.4 is 0 Å². The zero-order valence-corrected chi connectivity index (χ0v) is 10.6. The van der Waals surface area contributed by atoms with Crippen molar-refractivity contribution >= 4 is 16.9 Å². The lowest BCUT2D eigenvalue weighted by Crippen LogP contribution is -2.28. The predicted molar refractivity (Wildman–Crippen MR) is 70.2 cm³/mol. The number of carbonyl (C=O) groups excluding carboxylic acids is 1. The summed E-state index contributed by atoms with van der Waals surface area (Å²) < 4.78 is 1.99. The molecule has 0 unspecified atom stereocenters. The molecule has 0 radical (unpaired) electrons. The third-order valence-corrected chi connectivity index (χ3v) is 3.62. The third kappa shape index (κ3) is 1.88. The van der Waals surface area contributed by atoms with Crippen molar-refractivity contribution in [3.8, 4) is 0 Å². The van der Waals surface area contributed by atoms with Crippen LogP contribution >= 0.6 is 0 Å². The molecule has 4 nitrogen and oxygen atoms in total. The Balaban J connectivity index is 1.88. The molecule has 2 aromatic rings. The number of rotatable bonds is 2. The van der Waals surface area contributed by atoms with Crippen molar-refractivity contribution in [2.24, 2.45) is 7.05 Å².